The Morgan fingerprint density at radius 3 is 2.68 bits per heavy atom. The predicted octanol–water partition coefficient (Wildman–Crippen LogP) is 5.22. The average Bonchev–Trinajstić information content (AvgIpc) is 2.44. The van der Waals surface area contributed by atoms with E-state index in [0.717, 1.165) is 10.0 Å². The highest BCUT2D eigenvalue weighted by Gasteiger charge is 2.06. The zero-order valence-electron chi connectivity index (χ0n) is 11.6. The highest BCUT2D eigenvalue weighted by atomic mass is 79.9. The number of benzene rings is 2. The number of nitrogens with one attached hydrogen (secondary N) is 2. The van der Waals surface area contributed by atoms with Gasteiger partial charge in [-0.05, 0) is 58.7 Å². The number of ether oxygens (including phenoxy) is 1. The molecule has 7 heteroatoms. The molecule has 0 saturated carbocycles. The molecule has 4 nitrogen and oxygen atoms in total. The maximum Gasteiger partial charge on any atom is 0.321 e. The molecule has 0 saturated heterocycles. The molecule has 0 aliphatic heterocycles. The molecule has 2 N–H and O–H groups in total. The number of amides is 2. The van der Waals surface area contributed by atoms with Crippen molar-refractivity contribution in [3.8, 4) is 5.75 Å². The maximum atomic E-state index is 11.8. The molecule has 0 unspecified atom stereocenters. The molecule has 0 radical (unpaired) electrons. The summed E-state index contributed by atoms with van der Waals surface area (Å²) in [6.45, 7) is 1.95. The van der Waals surface area contributed by atoms with E-state index in [4.69, 9.17) is 27.9 Å². The van der Waals surface area contributed by atoms with Crippen molar-refractivity contribution in [2.75, 3.05) is 12.0 Å². The van der Waals surface area contributed by atoms with Crippen molar-refractivity contribution in [3.05, 3.63) is 56.5 Å². The molecular weight excluding hydrogens is 391 g/mol. The smallest absolute Gasteiger partial charge is 0.321 e. The van der Waals surface area contributed by atoms with E-state index >= 15 is 0 Å². The second-order valence-electron chi connectivity index (χ2n) is 4.48. The summed E-state index contributed by atoms with van der Waals surface area (Å²) < 4.78 is 6.18. The summed E-state index contributed by atoms with van der Waals surface area (Å²) in [4.78, 5) is 11.8. The van der Waals surface area contributed by atoms with Crippen LogP contribution in [0.3, 0.4) is 0 Å². The van der Waals surface area contributed by atoms with Crippen LogP contribution in [0.2, 0.25) is 10.0 Å². The Labute approximate surface area is 146 Å². The number of urea groups is 1. The molecule has 2 amide bonds. The molecule has 0 fully saturated rings. The fourth-order valence-corrected chi connectivity index (χ4v) is 2.72. The third kappa shape index (κ3) is 4.80. The van der Waals surface area contributed by atoms with Crippen molar-refractivity contribution >= 4 is 50.9 Å². The van der Waals surface area contributed by atoms with Gasteiger partial charge in [-0.3, -0.25) is 0 Å². The van der Waals surface area contributed by atoms with E-state index in [-0.39, 0.29) is 12.8 Å². The lowest BCUT2D eigenvalue weighted by atomic mass is 10.2. The molecule has 0 aromatic heterocycles. The first kappa shape index (κ1) is 16.9. The van der Waals surface area contributed by atoms with E-state index < -0.39 is 0 Å². The van der Waals surface area contributed by atoms with Crippen LogP contribution >= 0.6 is 39.1 Å². The van der Waals surface area contributed by atoms with E-state index in [1.807, 2.05) is 25.1 Å². The Morgan fingerprint density at radius 2 is 2.00 bits per heavy atom. The highest BCUT2D eigenvalue weighted by Crippen LogP contribution is 2.27. The van der Waals surface area contributed by atoms with Gasteiger partial charge < -0.3 is 15.4 Å². The van der Waals surface area contributed by atoms with Gasteiger partial charge in [0.1, 0.15) is 5.75 Å². The van der Waals surface area contributed by atoms with Crippen molar-refractivity contribution < 1.29 is 9.53 Å². The van der Waals surface area contributed by atoms with Crippen LogP contribution in [0.4, 0.5) is 10.5 Å². The first-order valence-electron chi connectivity index (χ1n) is 6.34. The summed E-state index contributed by atoms with van der Waals surface area (Å²) in [7, 11) is 0. The number of hydrogen-bond donors (Lipinski definition) is 2. The van der Waals surface area contributed by atoms with Crippen LogP contribution in [0.1, 0.15) is 5.56 Å². The van der Waals surface area contributed by atoms with Crippen molar-refractivity contribution in [2.24, 2.45) is 0 Å². The van der Waals surface area contributed by atoms with Gasteiger partial charge in [0.25, 0.3) is 0 Å². The average molecular weight is 404 g/mol. The van der Waals surface area contributed by atoms with Gasteiger partial charge in [0.2, 0.25) is 0 Å². The SMILES string of the molecule is Cc1ccc(NC(=O)NCOc2ccc(Cl)cc2Cl)c(Br)c1. The zero-order chi connectivity index (χ0) is 16.1. The standard InChI is InChI=1S/C15H13BrCl2N2O2/c1-9-2-4-13(11(16)6-9)20-15(21)19-8-22-14-5-3-10(17)7-12(14)18/h2-7H,8H2,1H3,(H2,19,20,21). The second-order valence-corrected chi connectivity index (χ2v) is 6.18. The quantitative estimate of drug-likeness (QED) is 0.687. The van der Waals surface area contributed by atoms with Crippen molar-refractivity contribution in [1.82, 2.24) is 5.32 Å². The van der Waals surface area contributed by atoms with Gasteiger partial charge in [-0.1, -0.05) is 29.3 Å². The molecular formula is C15H13BrCl2N2O2. The molecule has 0 aliphatic carbocycles. The summed E-state index contributed by atoms with van der Waals surface area (Å²) in [5.74, 6) is 0.447. The lowest BCUT2D eigenvalue weighted by Crippen LogP contribution is -2.32. The number of anilines is 1. The van der Waals surface area contributed by atoms with E-state index in [2.05, 4.69) is 26.6 Å². The predicted molar refractivity (Wildman–Crippen MR) is 93.0 cm³/mol. The Hall–Kier alpha value is -1.43. The minimum atomic E-state index is -0.380. The van der Waals surface area contributed by atoms with Crippen molar-refractivity contribution in [1.29, 1.82) is 0 Å². The largest absolute Gasteiger partial charge is 0.472 e. The lowest BCUT2D eigenvalue weighted by molar-refractivity contribution is 0.234. The number of hydrogen-bond acceptors (Lipinski definition) is 2. The number of halogens is 3. The van der Waals surface area contributed by atoms with Gasteiger partial charge in [-0.15, -0.1) is 0 Å². The summed E-state index contributed by atoms with van der Waals surface area (Å²) in [6, 6.07) is 10.1. The molecule has 2 rings (SSSR count). The summed E-state index contributed by atoms with van der Waals surface area (Å²) >= 11 is 15.2. The minimum Gasteiger partial charge on any atom is -0.472 e. The lowest BCUT2D eigenvalue weighted by Gasteiger charge is -2.11. The Bertz CT molecular complexity index is 695. The molecule has 0 atom stereocenters. The fraction of sp³-hybridized carbons (Fsp3) is 0.133. The molecule has 0 heterocycles. The molecule has 22 heavy (non-hydrogen) atoms. The molecule has 2 aromatic rings. The number of carbonyl (C=O) groups is 1. The van der Waals surface area contributed by atoms with E-state index in [1.165, 1.54) is 0 Å². The van der Waals surface area contributed by atoms with E-state index in [1.54, 1.807) is 18.2 Å². The molecule has 2 aromatic carbocycles. The molecule has 0 spiro atoms. The van der Waals surface area contributed by atoms with Gasteiger partial charge in [-0.2, -0.15) is 0 Å². The maximum absolute atomic E-state index is 11.8. The van der Waals surface area contributed by atoms with Crippen LogP contribution in [0, 0.1) is 6.92 Å². The summed E-state index contributed by atoms with van der Waals surface area (Å²) in [5.41, 5.74) is 1.77. The van der Waals surface area contributed by atoms with Gasteiger partial charge in [0.05, 0.1) is 10.7 Å². The van der Waals surface area contributed by atoms with Crippen molar-refractivity contribution in [2.45, 2.75) is 6.92 Å². The first-order valence-corrected chi connectivity index (χ1v) is 7.89. The second kappa shape index (κ2) is 7.72. The van der Waals surface area contributed by atoms with Gasteiger partial charge in [-0.25, -0.2) is 4.79 Å². The van der Waals surface area contributed by atoms with Crippen molar-refractivity contribution in [3.63, 3.8) is 0 Å². The van der Waals surface area contributed by atoms with Crippen LogP contribution in [-0.2, 0) is 0 Å². The van der Waals surface area contributed by atoms with Crippen LogP contribution in [0.15, 0.2) is 40.9 Å². The van der Waals surface area contributed by atoms with E-state index in [0.29, 0.717) is 21.5 Å². The zero-order valence-corrected chi connectivity index (χ0v) is 14.7. The topological polar surface area (TPSA) is 50.4 Å². The van der Waals surface area contributed by atoms with Crippen LogP contribution < -0.4 is 15.4 Å². The Balaban J connectivity index is 1.85. The summed E-state index contributed by atoms with van der Waals surface area (Å²) in [6.07, 6.45) is 0. The molecule has 0 aliphatic rings. The van der Waals surface area contributed by atoms with Gasteiger partial charge in [0.15, 0.2) is 6.73 Å². The third-order valence-electron chi connectivity index (χ3n) is 2.73. The minimum absolute atomic E-state index is 0.0172. The van der Waals surface area contributed by atoms with Crippen LogP contribution in [0.5, 0.6) is 5.75 Å². The Kier molecular flexibility index (Phi) is 5.94. The molecule has 116 valence electrons. The third-order valence-corrected chi connectivity index (χ3v) is 3.91. The highest BCUT2D eigenvalue weighted by molar-refractivity contribution is 9.10. The van der Waals surface area contributed by atoms with Gasteiger partial charge >= 0.3 is 6.03 Å². The van der Waals surface area contributed by atoms with Gasteiger partial charge in [0, 0.05) is 9.50 Å². The normalized spacial score (nSPS) is 10.2. The van der Waals surface area contributed by atoms with E-state index in [9.17, 15) is 4.79 Å². The number of aryl methyl sites for hydroxylation is 1. The number of rotatable bonds is 4. The summed E-state index contributed by atoms with van der Waals surface area (Å²) in [5, 5.41) is 6.20. The first-order chi connectivity index (χ1) is 10.5. The monoisotopic (exact) mass is 402 g/mol. The fourth-order valence-electron chi connectivity index (χ4n) is 1.66. The Morgan fingerprint density at radius 1 is 1.23 bits per heavy atom. The molecule has 0 bridgehead atoms. The van der Waals surface area contributed by atoms with Crippen LogP contribution in [-0.4, -0.2) is 12.8 Å². The number of carbonyl (C=O) groups excluding carboxylic acids is 1. The van der Waals surface area contributed by atoms with Crippen LogP contribution in [0.25, 0.3) is 0 Å².